The predicted molar refractivity (Wildman–Crippen MR) is 91.6 cm³/mol. The van der Waals surface area contributed by atoms with Crippen molar-refractivity contribution in [3.8, 4) is 5.88 Å². The molecule has 7 nitrogen and oxygen atoms in total. The maximum Gasteiger partial charge on any atom is 0.315 e. The molecule has 0 aliphatic rings. The molecule has 2 amide bonds. The number of aromatic nitrogens is 3. The molecule has 0 bridgehead atoms. The molecule has 2 aromatic rings. The number of rotatable bonds is 6. The van der Waals surface area contributed by atoms with Crippen LogP contribution in [-0.2, 0) is 13.1 Å². The largest absolute Gasteiger partial charge is 0.481 e. The number of carbonyl (C=O) groups is 1. The van der Waals surface area contributed by atoms with E-state index in [4.69, 9.17) is 4.74 Å². The van der Waals surface area contributed by atoms with Crippen LogP contribution in [0, 0.1) is 5.41 Å². The Hall–Kier alpha value is -2.57. The molecule has 0 radical (unpaired) electrons. The number of nitrogens with zero attached hydrogens (tertiary/aromatic N) is 3. The Kier molecular flexibility index (Phi) is 5.78. The number of hydrogen-bond acceptors (Lipinski definition) is 4. The number of methoxy groups -OCH3 is 1. The third kappa shape index (κ3) is 4.97. The average molecular weight is 331 g/mol. The molecular weight excluding hydrogens is 306 g/mol. The molecule has 130 valence electrons. The fourth-order valence-corrected chi connectivity index (χ4v) is 2.27. The molecule has 2 heterocycles. The summed E-state index contributed by atoms with van der Waals surface area (Å²) in [6.45, 7) is 7.30. The van der Waals surface area contributed by atoms with Crippen LogP contribution >= 0.6 is 0 Å². The van der Waals surface area contributed by atoms with E-state index in [9.17, 15) is 4.79 Å². The van der Waals surface area contributed by atoms with Gasteiger partial charge in [0.1, 0.15) is 0 Å². The van der Waals surface area contributed by atoms with E-state index < -0.39 is 0 Å². The number of urea groups is 1. The third-order valence-electron chi connectivity index (χ3n) is 3.79. The van der Waals surface area contributed by atoms with Gasteiger partial charge in [-0.3, -0.25) is 0 Å². The SMILES string of the molecule is COc1ncccc1CNC(=O)N[C@@H](Cn1ccnc1)C(C)(C)C. The first-order valence-electron chi connectivity index (χ1n) is 7.88. The van der Waals surface area contributed by atoms with Gasteiger partial charge in [0, 0.05) is 37.2 Å². The molecule has 0 unspecified atom stereocenters. The second kappa shape index (κ2) is 7.81. The number of pyridine rings is 1. The zero-order valence-corrected chi connectivity index (χ0v) is 14.6. The molecule has 0 saturated heterocycles. The lowest BCUT2D eigenvalue weighted by Gasteiger charge is -2.31. The Bertz CT molecular complexity index is 649. The predicted octanol–water partition coefficient (Wildman–Crippen LogP) is 2.20. The van der Waals surface area contributed by atoms with Crippen LogP contribution in [0.4, 0.5) is 4.79 Å². The van der Waals surface area contributed by atoms with Gasteiger partial charge in [0.2, 0.25) is 5.88 Å². The highest BCUT2D eigenvalue weighted by Crippen LogP contribution is 2.20. The summed E-state index contributed by atoms with van der Waals surface area (Å²) < 4.78 is 7.15. The molecule has 1 atom stereocenters. The number of hydrogen-bond donors (Lipinski definition) is 2. The van der Waals surface area contributed by atoms with Crippen molar-refractivity contribution in [3.63, 3.8) is 0 Å². The van der Waals surface area contributed by atoms with Crippen LogP contribution < -0.4 is 15.4 Å². The maximum atomic E-state index is 12.3. The molecular formula is C17H25N5O2. The molecule has 0 fully saturated rings. The van der Waals surface area contributed by atoms with Crippen LogP contribution in [0.2, 0.25) is 0 Å². The summed E-state index contributed by atoms with van der Waals surface area (Å²) in [6, 6.07) is 3.43. The Labute approximate surface area is 142 Å². The summed E-state index contributed by atoms with van der Waals surface area (Å²) in [6.07, 6.45) is 7.02. The van der Waals surface area contributed by atoms with Crippen molar-refractivity contribution in [2.45, 2.75) is 39.9 Å². The maximum absolute atomic E-state index is 12.3. The van der Waals surface area contributed by atoms with Gasteiger partial charge in [0.05, 0.1) is 19.5 Å². The first-order valence-corrected chi connectivity index (χ1v) is 7.88. The van der Waals surface area contributed by atoms with Crippen molar-refractivity contribution in [1.82, 2.24) is 25.2 Å². The third-order valence-corrected chi connectivity index (χ3v) is 3.79. The summed E-state index contributed by atoms with van der Waals surface area (Å²) in [7, 11) is 1.56. The molecule has 0 spiro atoms. The minimum atomic E-state index is -0.221. The van der Waals surface area contributed by atoms with Crippen LogP contribution in [0.15, 0.2) is 37.1 Å². The van der Waals surface area contributed by atoms with E-state index in [1.807, 2.05) is 22.9 Å². The van der Waals surface area contributed by atoms with E-state index in [1.165, 1.54) is 0 Å². The normalized spacial score (nSPS) is 12.5. The van der Waals surface area contributed by atoms with Crippen molar-refractivity contribution in [2.24, 2.45) is 5.41 Å². The monoisotopic (exact) mass is 331 g/mol. The first-order chi connectivity index (χ1) is 11.4. The van der Waals surface area contributed by atoms with Gasteiger partial charge in [-0.25, -0.2) is 14.8 Å². The second-order valence-electron chi connectivity index (χ2n) is 6.68. The van der Waals surface area contributed by atoms with Crippen LogP contribution in [-0.4, -0.2) is 33.7 Å². The second-order valence-corrected chi connectivity index (χ2v) is 6.68. The zero-order valence-electron chi connectivity index (χ0n) is 14.6. The number of imidazole rings is 1. The van der Waals surface area contributed by atoms with Crippen molar-refractivity contribution in [2.75, 3.05) is 7.11 Å². The lowest BCUT2D eigenvalue weighted by molar-refractivity contribution is 0.209. The van der Waals surface area contributed by atoms with E-state index in [1.54, 1.807) is 25.8 Å². The van der Waals surface area contributed by atoms with Gasteiger partial charge in [0.15, 0.2) is 0 Å². The van der Waals surface area contributed by atoms with Gasteiger partial charge in [-0.2, -0.15) is 0 Å². The molecule has 0 saturated carbocycles. The Morgan fingerprint density at radius 3 is 2.79 bits per heavy atom. The summed E-state index contributed by atoms with van der Waals surface area (Å²) in [5.74, 6) is 0.517. The average Bonchev–Trinajstić information content (AvgIpc) is 3.05. The van der Waals surface area contributed by atoms with Crippen molar-refractivity contribution in [3.05, 3.63) is 42.6 Å². The highest BCUT2D eigenvalue weighted by atomic mass is 16.5. The Morgan fingerprint density at radius 1 is 1.38 bits per heavy atom. The van der Waals surface area contributed by atoms with Gasteiger partial charge in [0.25, 0.3) is 0 Å². The number of nitrogens with one attached hydrogen (secondary N) is 2. The van der Waals surface area contributed by atoms with Crippen molar-refractivity contribution in [1.29, 1.82) is 0 Å². The summed E-state index contributed by atoms with van der Waals surface area (Å²) in [5, 5.41) is 5.90. The molecule has 2 N–H and O–H groups in total. The first kappa shape index (κ1) is 17.8. The van der Waals surface area contributed by atoms with Crippen molar-refractivity contribution >= 4 is 6.03 Å². The topological polar surface area (TPSA) is 81.1 Å². The van der Waals surface area contributed by atoms with Gasteiger partial charge in [-0.15, -0.1) is 0 Å². The molecule has 2 aromatic heterocycles. The van der Waals surface area contributed by atoms with E-state index in [2.05, 4.69) is 41.4 Å². The summed E-state index contributed by atoms with van der Waals surface area (Å²) >= 11 is 0. The van der Waals surface area contributed by atoms with Crippen molar-refractivity contribution < 1.29 is 9.53 Å². The molecule has 0 aliphatic carbocycles. The van der Waals surface area contributed by atoms with E-state index >= 15 is 0 Å². The van der Waals surface area contributed by atoms with E-state index in [0.717, 1.165) is 5.56 Å². The molecule has 24 heavy (non-hydrogen) atoms. The Balaban J connectivity index is 1.95. The fourth-order valence-electron chi connectivity index (χ4n) is 2.27. The standard InChI is InChI=1S/C17H25N5O2/c1-17(2,3)14(11-22-9-8-18-12-22)21-16(23)20-10-13-6-5-7-19-15(13)24-4/h5-9,12,14H,10-11H2,1-4H3,(H2,20,21,23)/t14-/m0/s1. The summed E-state index contributed by atoms with van der Waals surface area (Å²) in [5.41, 5.74) is 0.741. The quantitative estimate of drug-likeness (QED) is 0.850. The van der Waals surface area contributed by atoms with Gasteiger partial charge < -0.3 is 19.9 Å². The highest BCUT2D eigenvalue weighted by molar-refractivity contribution is 5.74. The molecule has 0 aromatic carbocycles. The fraction of sp³-hybridized carbons (Fsp3) is 0.471. The van der Waals surface area contributed by atoms with Crippen LogP contribution in [0.1, 0.15) is 26.3 Å². The van der Waals surface area contributed by atoms with Gasteiger partial charge in [-0.1, -0.05) is 26.8 Å². The van der Waals surface area contributed by atoms with Crippen LogP contribution in [0.25, 0.3) is 0 Å². The molecule has 2 rings (SSSR count). The Morgan fingerprint density at radius 2 is 2.17 bits per heavy atom. The van der Waals surface area contributed by atoms with Crippen LogP contribution in [0.3, 0.4) is 0 Å². The summed E-state index contributed by atoms with van der Waals surface area (Å²) in [4.78, 5) is 20.5. The molecule has 0 aliphatic heterocycles. The lowest BCUT2D eigenvalue weighted by Crippen LogP contribution is -2.49. The minimum Gasteiger partial charge on any atom is -0.481 e. The van der Waals surface area contributed by atoms with Gasteiger partial charge in [-0.05, 0) is 11.5 Å². The molecule has 7 heteroatoms. The minimum absolute atomic E-state index is 0.0394. The zero-order chi connectivity index (χ0) is 17.6. The van der Waals surface area contributed by atoms with E-state index in [0.29, 0.717) is 19.0 Å². The smallest absolute Gasteiger partial charge is 0.315 e. The van der Waals surface area contributed by atoms with Crippen LogP contribution in [0.5, 0.6) is 5.88 Å². The number of amides is 2. The highest BCUT2D eigenvalue weighted by Gasteiger charge is 2.26. The lowest BCUT2D eigenvalue weighted by atomic mass is 9.86. The van der Waals surface area contributed by atoms with Gasteiger partial charge >= 0.3 is 6.03 Å². The number of ether oxygens (including phenoxy) is 1. The van der Waals surface area contributed by atoms with E-state index in [-0.39, 0.29) is 17.5 Å². The number of carbonyl (C=O) groups excluding carboxylic acids is 1.